The van der Waals surface area contributed by atoms with Crippen molar-refractivity contribution in [3.63, 3.8) is 0 Å². The molecule has 204 valence electrons. The van der Waals surface area contributed by atoms with Crippen molar-refractivity contribution in [1.82, 2.24) is 0 Å². The van der Waals surface area contributed by atoms with Crippen LogP contribution in [0.3, 0.4) is 0 Å². The highest BCUT2D eigenvalue weighted by molar-refractivity contribution is 6.74. The molecule has 39 heavy (non-hydrogen) atoms. The van der Waals surface area contributed by atoms with E-state index in [4.69, 9.17) is 18.6 Å². The summed E-state index contributed by atoms with van der Waals surface area (Å²) in [6.45, 7) is 12.6. The number of aliphatic carboxylic acids is 1. The lowest BCUT2D eigenvalue weighted by molar-refractivity contribution is -0.134. The summed E-state index contributed by atoms with van der Waals surface area (Å²) in [5, 5.41) is 10.3. The van der Waals surface area contributed by atoms with Gasteiger partial charge in [0.25, 0.3) is 0 Å². The van der Waals surface area contributed by atoms with Crippen molar-refractivity contribution in [2.75, 3.05) is 19.1 Å². The zero-order valence-corrected chi connectivity index (χ0v) is 24.5. The molecule has 4 bridgehead atoms. The number of methoxy groups -OCH3 is 2. The van der Waals surface area contributed by atoms with Gasteiger partial charge >= 0.3 is 12.1 Å². The monoisotopic (exact) mass is 547 g/mol. The van der Waals surface area contributed by atoms with E-state index in [0.29, 0.717) is 17.0 Å². The Kier molecular flexibility index (Phi) is 5.99. The van der Waals surface area contributed by atoms with Crippen LogP contribution in [0.15, 0.2) is 41.7 Å². The molecule has 5 atom stereocenters. The number of anilines is 1. The molecule has 4 aliphatic rings. The SMILES string of the molecule is COC(=O)N1c2ccc(O[Si](C)(C)C(C)(C)C)cc2[C@@]23O[C@@]24[C@@H]1C#C/C=C\C#C[C@H]3C(OC)=C(C(=O)O)[C@@H]4C. The number of epoxide rings is 1. The molecular formula is C30H33NO7Si. The van der Waals surface area contributed by atoms with Crippen LogP contribution in [0.4, 0.5) is 10.5 Å². The van der Waals surface area contributed by atoms with Crippen molar-refractivity contribution in [3.05, 3.63) is 47.2 Å². The van der Waals surface area contributed by atoms with E-state index in [1.165, 1.54) is 19.1 Å². The van der Waals surface area contributed by atoms with Gasteiger partial charge in [-0.1, -0.05) is 51.4 Å². The van der Waals surface area contributed by atoms with Crippen molar-refractivity contribution < 1.29 is 33.3 Å². The summed E-state index contributed by atoms with van der Waals surface area (Å²) < 4.78 is 24.4. The van der Waals surface area contributed by atoms with Gasteiger partial charge < -0.3 is 23.7 Å². The highest BCUT2D eigenvalue weighted by Crippen LogP contribution is 2.74. The maximum atomic E-state index is 13.3. The molecule has 0 saturated carbocycles. The summed E-state index contributed by atoms with van der Waals surface area (Å²) >= 11 is 0. The minimum atomic E-state index is -2.22. The first-order valence-corrected chi connectivity index (χ1v) is 15.8. The van der Waals surface area contributed by atoms with E-state index in [0.717, 1.165) is 0 Å². The maximum absolute atomic E-state index is 13.3. The Morgan fingerprint density at radius 3 is 2.38 bits per heavy atom. The average Bonchev–Trinajstić information content (AvgIpc) is 3.58. The molecule has 8 nitrogen and oxygen atoms in total. The molecule has 9 heteroatoms. The van der Waals surface area contributed by atoms with Crippen LogP contribution in [0.1, 0.15) is 33.3 Å². The number of nitrogens with zero attached hydrogens (tertiary/aromatic N) is 1. The van der Waals surface area contributed by atoms with E-state index in [2.05, 4.69) is 57.5 Å². The zero-order valence-electron chi connectivity index (χ0n) is 23.5. The van der Waals surface area contributed by atoms with Gasteiger partial charge in [-0.3, -0.25) is 4.90 Å². The Balaban J connectivity index is 1.84. The predicted octanol–water partition coefficient (Wildman–Crippen LogP) is 4.82. The van der Waals surface area contributed by atoms with Crippen molar-refractivity contribution >= 4 is 26.1 Å². The van der Waals surface area contributed by atoms with E-state index in [1.807, 2.05) is 18.2 Å². The molecule has 1 N–H and O–H groups in total. The minimum Gasteiger partial charge on any atom is -0.543 e. The number of carbonyl (C=O) groups is 2. The van der Waals surface area contributed by atoms with Gasteiger partial charge in [0, 0.05) is 11.5 Å². The Labute approximate surface area is 230 Å². The number of allylic oxidation sites excluding steroid dienone is 2. The topological polar surface area (TPSA) is 97.8 Å². The first-order valence-electron chi connectivity index (χ1n) is 12.9. The van der Waals surface area contributed by atoms with Gasteiger partial charge in [0.1, 0.15) is 34.7 Å². The standard InChI is InChI=1S/C30H33NO7Si/c1-18-24(26(32)33)25(35-5)20-13-11-9-10-12-14-23-29(18)30(20,38-29)21-17-19(37-39(7,8)28(2,3)4)15-16-22(21)31(23)27(34)36-6/h9-10,15-18,20,23H,1-8H3,(H,32,33)/b10-9-/t18-,20-,23-,29-,30+/m0/s1. The molecule has 2 aliphatic carbocycles. The third-order valence-electron chi connectivity index (χ3n) is 8.87. The molecule has 1 amide bonds. The molecule has 1 fully saturated rings. The van der Waals surface area contributed by atoms with Gasteiger partial charge in [-0.2, -0.15) is 0 Å². The summed E-state index contributed by atoms with van der Waals surface area (Å²) in [5.74, 6) is 10.6. The van der Waals surface area contributed by atoms with Crippen LogP contribution >= 0.6 is 0 Å². The van der Waals surface area contributed by atoms with Crippen molar-refractivity contribution in [2.24, 2.45) is 11.8 Å². The van der Waals surface area contributed by atoms with Crippen molar-refractivity contribution in [1.29, 1.82) is 0 Å². The van der Waals surface area contributed by atoms with Crippen LogP contribution in [-0.4, -0.2) is 51.3 Å². The number of carboxylic acids is 1. The Morgan fingerprint density at radius 1 is 1.13 bits per heavy atom. The smallest absolute Gasteiger partial charge is 0.415 e. The second kappa shape index (κ2) is 8.67. The minimum absolute atomic E-state index is 0.0428. The van der Waals surface area contributed by atoms with Gasteiger partial charge in [-0.25, -0.2) is 9.59 Å². The quantitative estimate of drug-likeness (QED) is 0.328. The van der Waals surface area contributed by atoms with Gasteiger partial charge in [0.2, 0.25) is 8.32 Å². The number of rotatable bonds is 4. The van der Waals surface area contributed by atoms with E-state index >= 15 is 0 Å². The third kappa shape index (κ3) is 3.50. The van der Waals surface area contributed by atoms with Crippen LogP contribution in [-0.2, 0) is 24.6 Å². The van der Waals surface area contributed by atoms with Crippen molar-refractivity contribution in [3.8, 4) is 29.4 Å². The number of hydrogen-bond donors (Lipinski definition) is 1. The summed E-state index contributed by atoms with van der Waals surface area (Å²) in [4.78, 5) is 27.4. The molecule has 0 spiro atoms. The Bertz CT molecular complexity index is 1460. The van der Waals surface area contributed by atoms with E-state index < -0.39 is 49.5 Å². The van der Waals surface area contributed by atoms with Gasteiger partial charge in [0.05, 0.1) is 25.5 Å². The fraction of sp³-hybridized carbons (Fsp3) is 0.467. The van der Waals surface area contributed by atoms with Crippen LogP contribution in [0.2, 0.25) is 18.1 Å². The molecule has 2 aliphatic heterocycles. The predicted molar refractivity (Wildman–Crippen MR) is 147 cm³/mol. The second-order valence-corrected chi connectivity index (χ2v) is 16.5. The van der Waals surface area contributed by atoms with Crippen LogP contribution < -0.4 is 9.33 Å². The molecule has 0 aromatic heterocycles. The van der Waals surface area contributed by atoms with E-state index in [9.17, 15) is 14.7 Å². The Hall–Kier alpha value is -3.66. The molecule has 1 aromatic rings. The number of ether oxygens (including phenoxy) is 3. The molecule has 1 saturated heterocycles. The number of benzene rings is 1. The highest BCUT2D eigenvalue weighted by atomic mass is 28.4. The molecular weight excluding hydrogens is 514 g/mol. The van der Waals surface area contributed by atoms with Crippen LogP contribution in [0.5, 0.6) is 5.75 Å². The molecule has 1 aromatic carbocycles. The second-order valence-electron chi connectivity index (χ2n) is 11.8. The van der Waals surface area contributed by atoms with E-state index in [-0.39, 0.29) is 16.4 Å². The average molecular weight is 548 g/mol. The molecule has 5 rings (SSSR count). The number of carbonyl (C=O) groups excluding carboxylic acids is 1. The van der Waals surface area contributed by atoms with Gasteiger partial charge in [-0.15, -0.1) is 0 Å². The summed E-state index contributed by atoms with van der Waals surface area (Å²) in [5.41, 5.74) is -1.06. The largest absolute Gasteiger partial charge is 0.543 e. The zero-order chi connectivity index (χ0) is 28.5. The maximum Gasteiger partial charge on any atom is 0.415 e. The summed E-state index contributed by atoms with van der Waals surface area (Å²) in [6.07, 6.45) is 2.58. The van der Waals surface area contributed by atoms with Gasteiger partial charge in [-0.05, 0) is 48.5 Å². The van der Waals surface area contributed by atoms with Crippen LogP contribution in [0, 0.1) is 35.5 Å². The lowest BCUT2D eigenvalue weighted by Crippen LogP contribution is -2.60. The summed E-state index contributed by atoms with van der Waals surface area (Å²) in [6, 6.07) is 4.72. The fourth-order valence-corrected chi connectivity index (χ4v) is 7.01. The number of hydrogen-bond acceptors (Lipinski definition) is 6. The normalized spacial score (nSPS) is 30.8. The van der Waals surface area contributed by atoms with Gasteiger partial charge in [0.15, 0.2) is 0 Å². The third-order valence-corrected chi connectivity index (χ3v) is 13.2. The lowest BCUT2D eigenvalue weighted by atomic mass is 9.59. The van der Waals surface area contributed by atoms with Crippen LogP contribution in [0.25, 0.3) is 0 Å². The molecule has 2 heterocycles. The van der Waals surface area contributed by atoms with Crippen molar-refractivity contribution in [2.45, 2.75) is 63.1 Å². The molecule has 0 unspecified atom stereocenters. The lowest BCUT2D eigenvalue weighted by Gasteiger charge is -2.46. The number of carboxylic acid groups (broad SMARTS) is 1. The van der Waals surface area contributed by atoms with E-state index in [1.54, 1.807) is 19.1 Å². The first kappa shape index (κ1) is 26.9. The summed E-state index contributed by atoms with van der Waals surface area (Å²) in [7, 11) is 0.539. The number of fused-ring (bicyclic) bond motifs is 1. The number of amides is 1. The fourth-order valence-electron chi connectivity index (χ4n) is 5.99. The molecule has 0 radical (unpaired) electrons. The highest BCUT2D eigenvalue weighted by Gasteiger charge is 2.86. The Morgan fingerprint density at radius 2 is 1.79 bits per heavy atom. The first-order chi connectivity index (χ1) is 18.3.